The van der Waals surface area contributed by atoms with Crippen LogP contribution in [0.5, 0.6) is 0 Å². The molecule has 1 fully saturated rings. The van der Waals surface area contributed by atoms with Crippen LogP contribution >= 0.6 is 11.6 Å². The van der Waals surface area contributed by atoms with E-state index in [1.807, 2.05) is 12.1 Å². The summed E-state index contributed by atoms with van der Waals surface area (Å²) in [6, 6.07) is 5.46. The minimum atomic E-state index is -0.426. The van der Waals surface area contributed by atoms with Crippen LogP contribution in [0.15, 0.2) is 18.2 Å². The van der Waals surface area contributed by atoms with Gasteiger partial charge in [-0.15, -0.1) is 0 Å². The lowest BCUT2D eigenvalue weighted by molar-refractivity contribution is -0.132. The smallest absolute Gasteiger partial charge is 0.249 e. The number of ether oxygens (including phenoxy) is 1. The van der Waals surface area contributed by atoms with Gasteiger partial charge in [0.05, 0.1) is 24.2 Å². The number of nitrogens with zero attached hydrogens (tertiary/aromatic N) is 1. The number of carbonyl (C=O) groups excluding carboxylic acids is 1. The lowest BCUT2D eigenvalue weighted by Gasteiger charge is -2.12. The molecule has 0 radical (unpaired) electrons. The van der Waals surface area contributed by atoms with Crippen LogP contribution in [0.1, 0.15) is 25.6 Å². The number of carbonyl (C=O) groups is 1. The van der Waals surface area contributed by atoms with Crippen LogP contribution in [0.25, 0.3) is 11.0 Å². The van der Waals surface area contributed by atoms with E-state index in [9.17, 15) is 4.79 Å². The predicted molar refractivity (Wildman–Crippen MR) is 81.1 cm³/mol. The van der Waals surface area contributed by atoms with Crippen molar-refractivity contribution in [3.63, 3.8) is 0 Å². The second-order valence-electron chi connectivity index (χ2n) is 5.48. The largest absolute Gasteiger partial charge is 0.368 e. The zero-order valence-corrected chi connectivity index (χ0v) is 12.6. The Morgan fingerprint density at radius 2 is 2.38 bits per heavy atom. The first-order valence-corrected chi connectivity index (χ1v) is 7.53. The number of hydrogen-bond donors (Lipinski definition) is 2. The quantitative estimate of drug-likeness (QED) is 0.862. The molecule has 5 nitrogen and oxygen atoms in total. The highest BCUT2D eigenvalue weighted by molar-refractivity contribution is 6.31. The van der Waals surface area contributed by atoms with E-state index >= 15 is 0 Å². The molecule has 1 atom stereocenters. The van der Waals surface area contributed by atoms with Crippen molar-refractivity contribution in [1.82, 2.24) is 15.3 Å². The van der Waals surface area contributed by atoms with E-state index in [1.165, 1.54) is 12.8 Å². The van der Waals surface area contributed by atoms with Gasteiger partial charge in [0.1, 0.15) is 11.9 Å². The molecule has 112 valence electrons. The Bertz CT molecular complexity index is 651. The normalized spacial score (nSPS) is 16.1. The average molecular weight is 308 g/mol. The molecular weight excluding hydrogens is 290 g/mol. The Hall–Kier alpha value is -1.59. The summed E-state index contributed by atoms with van der Waals surface area (Å²) in [6.45, 7) is 2.80. The van der Waals surface area contributed by atoms with E-state index in [4.69, 9.17) is 16.3 Å². The number of amides is 1. The van der Waals surface area contributed by atoms with Crippen molar-refractivity contribution >= 4 is 28.5 Å². The summed E-state index contributed by atoms with van der Waals surface area (Å²) in [5.74, 6) is 1.24. The maximum Gasteiger partial charge on any atom is 0.249 e. The number of aromatic nitrogens is 2. The molecule has 2 N–H and O–H groups in total. The van der Waals surface area contributed by atoms with Gasteiger partial charge in [0.15, 0.2) is 0 Å². The predicted octanol–water partition coefficient (Wildman–Crippen LogP) is 2.65. The second-order valence-corrected chi connectivity index (χ2v) is 5.92. The minimum Gasteiger partial charge on any atom is -0.368 e. The summed E-state index contributed by atoms with van der Waals surface area (Å²) in [5, 5.41) is 3.48. The summed E-state index contributed by atoms with van der Waals surface area (Å²) in [6.07, 6.45) is 2.01. The molecule has 1 aromatic carbocycles. The van der Waals surface area contributed by atoms with Gasteiger partial charge in [-0.05, 0) is 43.9 Å². The topological polar surface area (TPSA) is 67.0 Å². The molecule has 0 spiro atoms. The molecule has 21 heavy (non-hydrogen) atoms. The minimum absolute atomic E-state index is 0.117. The van der Waals surface area contributed by atoms with Crippen LogP contribution in [-0.2, 0) is 16.1 Å². The fraction of sp³-hybridized carbons (Fsp3) is 0.467. The molecule has 1 aliphatic rings. The van der Waals surface area contributed by atoms with Gasteiger partial charge in [-0.25, -0.2) is 4.98 Å². The summed E-state index contributed by atoms with van der Waals surface area (Å²) < 4.78 is 5.53. The van der Waals surface area contributed by atoms with Crippen LogP contribution in [0, 0.1) is 5.92 Å². The number of rotatable bonds is 6. The molecule has 1 aliphatic carbocycles. The van der Waals surface area contributed by atoms with Gasteiger partial charge in [-0.2, -0.15) is 0 Å². The number of imidazole rings is 1. The number of nitrogens with one attached hydrogen (secondary N) is 2. The first kappa shape index (κ1) is 14.4. The van der Waals surface area contributed by atoms with Crippen molar-refractivity contribution in [3.8, 4) is 0 Å². The first-order chi connectivity index (χ1) is 10.1. The highest BCUT2D eigenvalue weighted by Crippen LogP contribution is 2.29. The van der Waals surface area contributed by atoms with Crippen molar-refractivity contribution < 1.29 is 9.53 Å². The van der Waals surface area contributed by atoms with Crippen LogP contribution < -0.4 is 5.32 Å². The highest BCUT2D eigenvalue weighted by atomic mass is 35.5. The molecule has 0 unspecified atom stereocenters. The molecular formula is C15H18ClN3O2. The maximum atomic E-state index is 11.9. The number of benzene rings is 1. The first-order valence-electron chi connectivity index (χ1n) is 7.15. The Balaban J connectivity index is 1.53. The lowest BCUT2D eigenvalue weighted by Crippen LogP contribution is -2.34. The van der Waals surface area contributed by atoms with Gasteiger partial charge in [0.25, 0.3) is 0 Å². The van der Waals surface area contributed by atoms with E-state index < -0.39 is 6.10 Å². The standard InChI is InChI=1S/C15H18ClN3O2/c1-9(21-8-10-2-3-10)15(20)17-7-14-18-12-5-4-11(16)6-13(12)19-14/h4-6,9-10H,2-3,7-8H2,1H3,(H,17,20)(H,18,19)/t9-/m1/s1. The van der Waals surface area contributed by atoms with Crippen molar-refractivity contribution in [3.05, 3.63) is 29.0 Å². The van der Waals surface area contributed by atoms with Crippen molar-refractivity contribution in [1.29, 1.82) is 0 Å². The van der Waals surface area contributed by atoms with Crippen molar-refractivity contribution in [2.24, 2.45) is 5.92 Å². The summed E-state index contributed by atoms with van der Waals surface area (Å²) in [4.78, 5) is 19.5. The summed E-state index contributed by atoms with van der Waals surface area (Å²) >= 11 is 5.93. The van der Waals surface area contributed by atoms with Gasteiger partial charge >= 0.3 is 0 Å². The van der Waals surface area contributed by atoms with E-state index in [-0.39, 0.29) is 5.91 Å². The van der Waals surface area contributed by atoms with Crippen LogP contribution in [0.2, 0.25) is 5.02 Å². The van der Waals surface area contributed by atoms with Gasteiger partial charge < -0.3 is 15.0 Å². The Morgan fingerprint density at radius 1 is 1.57 bits per heavy atom. The monoisotopic (exact) mass is 307 g/mol. The van der Waals surface area contributed by atoms with E-state index in [2.05, 4.69) is 15.3 Å². The molecule has 1 amide bonds. The van der Waals surface area contributed by atoms with E-state index in [0.717, 1.165) is 11.0 Å². The zero-order chi connectivity index (χ0) is 14.8. The molecule has 3 rings (SSSR count). The van der Waals surface area contributed by atoms with Crippen LogP contribution in [-0.4, -0.2) is 28.6 Å². The molecule has 2 aromatic rings. The lowest BCUT2D eigenvalue weighted by atomic mass is 10.3. The number of H-pyrrole nitrogens is 1. The molecule has 6 heteroatoms. The zero-order valence-electron chi connectivity index (χ0n) is 11.9. The molecule has 0 bridgehead atoms. The number of hydrogen-bond acceptors (Lipinski definition) is 3. The van der Waals surface area contributed by atoms with Gasteiger partial charge in [0, 0.05) is 5.02 Å². The maximum absolute atomic E-state index is 11.9. The van der Waals surface area contributed by atoms with Crippen LogP contribution in [0.3, 0.4) is 0 Å². The molecule has 1 saturated carbocycles. The fourth-order valence-electron chi connectivity index (χ4n) is 2.07. The van der Waals surface area contributed by atoms with Crippen LogP contribution in [0.4, 0.5) is 0 Å². The van der Waals surface area contributed by atoms with Crippen molar-refractivity contribution in [2.45, 2.75) is 32.4 Å². The van der Waals surface area contributed by atoms with Crippen molar-refractivity contribution in [2.75, 3.05) is 6.61 Å². The SMILES string of the molecule is C[C@@H](OCC1CC1)C(=O)NCc1nc2ccc(Cl)cc2[nH]1. The molecule has 1 aromatic heterocycles. The third-order valence-electron chi connectivity index (χ3n) is 3.57. The molecule has 0 saturated heterocycles. The Labute approximate surface area is 128 Å². The van der Waals surface area contributed by atoms with Gasteiger partial charge in [0.2, 0.25) is 5.91 Å². The molecule has 1 heterocycles. The summed E-state index contributed by atoms with van der Waals surface area (Å²) in [7, 11) is 0. The third kappa shape index (κ3) is 3.74. The van der Waals surface area contributed by atoms with E-state index in [1.54, 1.807) is 13.0 Å². The fourth-order valence-corrected chi connectivity index (χ4v) is 2.25. The Kier molecular flexibility index (Phi) is 4.12. The van der Waals surface area contributed by atoms with E-state index in [0.29, 0.717) is 29.9 Å². The second kappa shape index (κ2) is 6.03. The van der Waals surface area contributed by atoms with Gasteiger partial charge in [-0.1, -0.05) is 11.6 Å². The Morgan fingerprint density at radius 3 is 3.14 bits per heavy atom. The average Bonchev–Trinajstić information content (AvgIpc) is 3.21. The number of halogens is 1. The number of aromatic amines is 1. The summed E-state index contributed by atoms with van der Waals surface area (Å²) in [5.41, 5.74) is 1.70. The highest BCUT2D eigenvalue weighted by Gasteiger charge is 2.24. The van der Waals surface area contributed by atoms with Gasteiger partial charge in [-0.3, -0.25) is 4.79 Å². The number of fused-ring (bicyclic) bond motifs is 1. The molecule has 0 aliphatic heterocycles. The third-order valence-corrected chi connectivity index (χ3v) is 3.81.